The molecule has 0 saturated carbocycles. The molecule has 0 fully saturated rings. The molecular weight excluding hydrogens is 372 g/mol. The summed E-state index contributed by atoms with van der Waals surface area (Å²) < 4.78 is 20.9. The molecule has 0 bridgehead atoms. The van der Waals surface area contributed by atoms with Crippen molar-refractivity contribution in [3.63, 3.8) is 0 Å². The summed E-state index contributed by atoms with van der Waals surface area (Å²) in [5.41, 5.74) is 1.27. The van der Waals surface area contributed by atoms with Gasteiger partial charge in [0.25, 0.3) is 0 Å². The number of methoxy groups -OCH3 is 4. The number of halogens is 1. The first-order valence-electron chi connectivity index (χ1n) is 8.19. The Kier molecular flexibility index (Phi) is 7.43. The van der Waals surface area contributed by atoms with Crippen LogP contribution in [0.3, 0.4) is 0 Å². The number of ether oxygens (including phenoxy) is 4. The highest BCUT2D eigenvalue weighted by Crippen LogP contribution is 2.36. The molecule has 0 aliphatic rings. The van der Waals surface area contributed by atoms with E-state index in [1.165, 1.54) is 14.2 Å². The molecule has 0 atom stereocenters. The van der Waals surface area contributed by atoms with E-state index < -0.39 is 0 Å². The summed E-state index contributed by atoms with van der Waals surface area (Å²) in [6, 6.07) is 8.64. The fourth-order valence-electron chi connectivity index (χ4n) is 2.43. The number of amides is 1. The normalized spacial score (nSPS) is 10.1. The van der Waals surface area contributed by atoms with Crippen molar-refractivity contribution >= 4 is 28.9 Å². The van der Waals surface area contributed by atoms with Crippen molar-refractivity contribution in [2.24, 2.45) is 0 Å². The monoisotopic (exact) mass is 394 g/mol. The van der Waals surface area contributed by atoms with Gasteiger partial charge in [0.2, 0.25) is 5.91 Å². The maximum absolute atomic E-state index is 12.3. The average molecular weight is 395 g/mol. The molecule has 27 heavy (non-hydrogen) atoms. The SMILES string of the molecule is COc1ccc(NCCC(=O)Nc2cc(OC)c(Cl)cc2OC)c(OC)c1. The molecule has 2 aromatic carbocycles. The Morgan fingerprint density at radius 1 is 0.889 bits per heavy atom. The third-order valence-electron chi connectivity index (χ3n) is 3.82. The Balaban J connectivity index is 1.97. The molecule has 0 heterocycles. The Morgan fingerprint density at radius 3 is 2.19 bits per heavy atom. The lowest BCUT2D eigenvalue weighted by Crippen LogP contribution is -2.17. The van der Waals surface area contributed by atoms with Gasteiger partial charge in [0.15, 0.2) is 0 Å². The Morgan fingerprint density at radius 2 is 1.56 bits per heavy atom. The zero-order chi connectivity index (χ0) is 19.8. The van der Waals surface area contributed by atoms with Gasteiger partial charge in [-0.3, -0.25) is 4.79 Å². The van der Waals surface area contributed by atoms with Crippen molar-refractivity contribution in [3.8, 4) is 23.0 Å². The van der Waals surface area contributed by atoms with Crippen LogP contribution >= 0.6 is 11.6 Å². The first-order chi connectivity index (χ1) is 13.0. The summed E-state index contributed by atoms with van der Waals surface area (Å²) in [5, 5.41) is 6.38. The fraction of sp³-hybridized carbons (Fsp3) is 0.316. The molecule has 2 aromatic rings. The molecule has 0 unspecified atom stereocenters. The van der Waals surface area contributed by atoms with E-state index >= 15 is 0 Å². The quantitative estimate of drug-likeness (QED) is 0.673. The lowest BCUT2D eigenvalue weighted by atomic mass is 10.2. The van der Waals surface area contributed by atoms with Gasteiger partial charge < -0.3 is 29.6 Å². The summed E-state index contributed by atoms with van der Waals surface area (Å²) in [5.74, 6) is 2.06. The highest BCUT2D eigenvalue weighted by Gasteiger charge is 2.13. The number of anilines is 2. The van der Waals surface area contributed by atoms with Gasteiger partial charge in [-0.1, -0.05) is 11.6 Å². The summed E-state index contributed by atoms with van der Waals surface area (Å²) >= 11 is 6.07. The molecule has 0 aromatic heterocycles. The van der Waals surface area contributed by atoms with Crippen LogP contribution in [-0.2, 0) is 4.79 Å². The summed E-state index contributed by atoms with van der Waals surface area (Å²) in [4.78, 5) is 12.3. The highest BCUT2D eigenvalue weighted by atomic mass is 35.5. The first-order valence-corrected chi connectivity index (χ1v) is 8.57. The third-order valence-corrected chi connectivity index (χ3v) is 4.12. The molecule has 0 aliphatic carbocycles. The Bertz CT molecular complexity index is 798. The minimum Gasteiger partial charge on any atom is -0.497 e. The van der Waals surface area contributed by atoms with Crippen LogP contribution in [0.25, 0.3) is 0 Å². The highest BCUT2D eigenvalue weighted by molar-refractivity contribution is 6.32. The van der Waals surface area contributed by atoms with Crippen LogP contribution in [0.15, 0.2) is 30.3 Å². The number of carbonyl (C=O) groups is 1. The molecule has 146 valence electrons. The summed E-state index contributed by atoms with van der Waals surface area (Å²) in [6.07, 6.45) is 0.239. The van der Waals surface area contributed by atoms with Crippen molar-refractivity contribution in [1.82, 2.24) is 0 Å². The van der Waals surface area contributed by atoms with Gasteiger partial charge >= 0.3 is 0 Å². The van der Waals surface area contributed by atoms with Gasteiger partial charge in [-0.15, -0.1) is 0 Å². The van der Waals surface area contributed by atoms with Crippen LogP contribution in [0.2, 0.25) is 5.02 Å². The number of hydrogen-bond acceptors (Lipinski definition) is 6. The first kappa shape index (κ1) is 20.5. The lowest BCUT2D eigenvalue weighted by Gasteiger charge is -2.14. The van der Waals surface area contributed by atoms with Crippen LogP contribution in [-0.4, -0.2) is 40.9 Å². The topological polar surface area (TPSA) is 78.1 Å². The number of nitrogens with one attached hydrogen (secondary N) is 2. The van der Waals surface area contributed by atoms with Crippen LogP contribution in [0.1, 0.15) is 6.42 Å². The predicted molar refractivity (Wildman–Crippen MR) is 106 cm³/mol. The number of rotatable bonds is 9. The van der Waals surface area contributed by atoms with Crippen molar-refractivity contribution in [2.75, 3.05) is 45.6 Å². The molecular formula is C19H23ClN2O5. The van der Waals surface area contributed by atoms with Crippen molar-refractivity contribution in [3.05, 3.63) is 35.4 Å². The Hall–Kier alpha value is -2.80. The molecule has 0 radical (unpaired) electrons. The second-order valence-corrected chi connectivity index (χ2v) is 5.89. The van der Waals surface area contributed by atoms with E-state index in [1.807, 2.05) is 12.1 Å². The number of hydrogen-bond donors (Lipinski definition) is 2. The molecule has 2 rings (SSSR count). The van der Waals surface area contributed by atoms with E-state index in [-0.39, 0.29) is 12.3 Å². The smallest absolute Gasteiger partial charge is 0.226 e. The van der Waals surface area contributed by atoms with E-state index in [2.05, 4.69) is 10.6 Å². The zero-order valence-electron chi connectivity index (χ0n) is 15.7. The van der Waals surface area contributed by atoms with Gasteiger partial charge in [0.1, 0.15) is 23.0 Å². The molecule has 2 N–H and O–H groups in total. The van der Waals surface area contributed by atoms with Crippen LogP contribution in [0, 0.1) is 0 Å². The van der Waals surface area contributed by atoms with E-state index in [4.69, 9.17) is 30.5 Å². The fourth-order valence-corrected chi connectivity index (χ4v) is 2.66. The largest absolute Gasteiger partial charge is 0.497 e. The van der Waals surface area contributed by atoms with E-state index in [9.17, 15) is 4.79 Å². The van der Waals surface area contributed by atoms with Crippen molar-refractivity contribution < 1.29 is 23.7 Å². The Labute approximate surface area is 163 Å². The van der Waals surface area contributed by atoms with Crippen LogP contribution in [0.5, 0.6) is 23.0 Å². The lowest BCUT2D eigenvalue weighted by molar-refractivity contribution is -0.116. The van der Waals surface area contributed by atoms with Gasteiger partial charge in [-0.25, -0.2) is 0 Å². The van der Waals surface area contributed by atoms with E-state index in [1.54, 1.807) is 32.4 Å². The second-order valence-electron chi connectivity index (χ2n) is 5.48. The van der Waals surface area contributed by atoms with Gasteiger partial charge in [0.05, 0.1) is 44.8 Å². The third kappa shape index (κ3) is 5.34. The van der Waals surface area contributed by atoms with Crippen molar-refractivity contribution in [1.29, 1.82) is 0 Å². The molecule has 7 nitrogen and oxygen atoms in total. The average Bonchev–Trinajstić information content (AvgIpc) is 2.69. The number of benzene rings is 2. The molecule has 0 saturated heterocycles. The minimum absolute atomic E-state index is 0.183. The standard InChI is InChI=1S/C19H23ClN2O5/c1-24-12-5-6-14(17(9-12)26-3)21-8-7-19(23)22-15-11-16(25-2)13(20)10-18(15)27-4/h5-6,9-11,21H,7-8H2,1-4H3,(H,22,23). The summed E-state index contributed by atoms with van der Waals surface area (Å²) in [7, 11) is 6.18. The maximum Gasteiger partial charge on any atom is 0.226 e. The van der Waals surface area contributed by atoms with Gasteiger partial charge in [0, 0.05) is 31.2 Å². The predicted octanol–water partition coefficient (Wildman–Crippen LogP) is 3.82. The van der Waals surface area contributed by atoms with Crippen LogP contribution < -0.4 is 29.6 Å². The van der Waals surface area contributed by atoms with Crippen LogP contribution in [0.4, 0.5) is 11.4 Å². The molecule has 0 spiro atoms. The van der Waals surface area contributed by atoms with E-state index in [0.717, 1.165) is 5.69 Å². The van der Waals surface area contributed by atoms with Crippen molar-refractivity contribution in [2.45, 2.75) is 6.42 Å². The zero-order valence-corrected chi connectivity index (χ0v) is 16.5. The summed E-state index contributed by atoms with van der Waals surface area (Å²) in [6.45, 7) is 0.418. The van der Waals surface area contributed by atoms with Gasteiger partial charge in [-0.05, 0) is 12.1 Å². The second kappa shape index (κ2) is 9.78. The molecule has 8 heteroatoms. The molecule has 0 aliphatic heterocycles. The van der Waals surface area contributed by atoms with E-state index in [0.29, 0.717) is 40.3 Å². The number of carbonyl (C=O) groups excluding carboxylic acids is 1. The van der Waals surface area contributed by atoms with Gasteiger partial charge in [-0.2, -0.15) is 0 Å². The molecule has 1 amide bonds. The maximum atomic E-state index is 12.3. The minimum atomic E-state index is -0.183.